The summed E-state index contributed by atoms with van der Waals surface area (Å²) >= 11 is 0. The van der Waals surface area contributed by atoms with Gasteiger partial charge in [-0.1, -0.05) is 60.7 Å². The van der Waals surface area contributed by atoms with Crippen molar-refractivity contribution in [2.75, 3.05) is 13.1 Å². The van der Waals surface area contributed by atoms with E-state index in [0.717, 1.165) is 29.7 Å². The second-order valence-corrected chi connectivity index (χ2v) is 7.30. The van der Waals surface area contributed by atoms with E-state index in [1.165, 1.54) is 0 Å². The average Bonchev–Trinajstić information content (AvgIpc) is 2.75. The molecular weight excluding hydrogens is 353 g/mol. The lowest BCUT2D eigenvalue weighted by atomic mass is 9.84. The summed E-state index contributed by atoms with van der Waals surface area (Å²) in [6, 6.07) is 17.5. The van der Waals surface area contributed by atoms with Gasteiger partial charge in [0.05, 0.1) is 5.56 Å². The van der Waals surface area contributed by atoms with Crippen LogP contribution in [0.25, 0.3) is 11.1 Å². The highest BCUT2D eigenvalue weighted by atomic mass is 19.1. The largest absolute Gasteiger partial charge is 0.457 e. The number of piperidine rings is 1. The first-order chi connectivity index (χ1) is 13.7. The number of ether oxygens (including phenoxy) is 1. The molecule has 0 spiro atoms. The van der Waals surface area contributed by atoms with Gasteiger partial charge in [0.2, 0.25) is 0 Å². The summed E-state index contributed by atoms with van der Waals surface area (Å²) in [4.78, 5) is 12.7. The Kier molecular flexibility index (Phi) is 5.68. The van der Waals surface area contributed by atoms with E-state index < -0.39 is 6.17 Å². The van der Waals surface area contributed by atoms with E-state index in [0.29, 0.717) is 18.5 Å². The second-order valence-electron chi connectivity index (χ2n) is 7.30. The minimum Gasteiger partial charge on any atom is -0.457 e. The van der Waals surface area contributed by atoms with E-state index in [9.17, 15) is 9.18 Å². The molecule has 0 aromatic heterocycles. The number of esters is 1. The third kappa shape index (κ3) is 4.23. The molecular formula is C24H24FNO2. The number of halogens is 1. The molecule has 1 aliphatic carbocycles. The molecule has 0 bridgehead atoms. The lowest BCUT2D eigenvalue weighted by Gasteiger charge is -2.33. The molecule has 2 aliphatic rings. The summed E-state index contributed by atoms with van der Waals surface area (Å²) in [6.45, 7) is 1.48. The molecule has 144 valence electrons. The van der Waals surface area contributed by atoms with Crippen molar-refractivity contribution in [2.45, 2.75) is 25.1 Å². The van der Waals surface area contributed by atoms with Gasteiger partial charge in [0, 0.05) is 18.9 Å². The maximum atomic E-state index is 13.4. The van der Waals surface area contributed by atoms with E-state index in [-0.39, 0.29) is 18.0 Å². The van der Waals surface area contributed by atoms with Gasteiger partial charge in [-0.2, -0.15) is 0 Å². The van der Waals surface area contributed by atoms with Crippen LogP contribution in [0.4, 0.5) is 4.39 Å². The van der Waals surface area contributed by atoms with E-state index in [1.54, 1.807) is 6.08 Å². The summed E-state index contributed by atoms with van der Waals surface area (Å²) in [5, 5.41) is 3.30. The Morgan fingerprint density at radius 1 is 1.04 bits per heavy atom. The van der Waals surface area contributed by atoms with E-state index >= 15 is 0 Å². The first-order valence-corrected chi connectivity index (χ1v) is 9.80. The van der Waals surface area contributed by atoms with Crippen LogP contribution >= 0.6 is 0 Å². The zero-order chi connectivity index (χ0) is 19.3. The van der Waals surface area contributed by atoms with Crippen molar-refractivity contribution < 1.29 is 13.9 Å². The summed E-state index contributed by atoms with van der Waals surface area (Å²) in [5.41, 5.74) is 3.79. The molecule has 0 amide bonds. The SMILES string of the molecule is O=C(O[C@H]1CNCCC1C1=CCC(F)C=C1)c1ccc(-c2ccccc2)cc1. The lowest BCUT2D eigenvalue weighted by Crippen LogP contribution is -2.44. The van der Waals surface area contributed by atoms with E-state index in [2.05, 4.69) is 5.32 Å². The molecule has 28 heavy (non-hydrogen) atoms. The van der Waals surface area contributed by atoms with Gasteiger partial charge in [0.25, 0.3) is 0 Å². The molecule has 3 atom stereocenters. The Hall–Kier alpha value is -2.72. The molecule has 0 saturated carbocycles. The summed E-state index contributed by atoms with van der Waals surface area (Å²) in [6.07, 6.45) is 5.50. The van der Waals surface area contributed by atoms with Crippen LogP contribution < -0.4 is 5.32 Å². The monoisotopic (exact) mass is 377 g/mol. The molecule has 1 N–H and O–H groups in total. The molecule has 2 unspecified atom stereocenters. The standard InChI is InChI=1S/C24H24FNO2/c25-21-12-10-19(11-13-21)22-14-15-26-16-23(22)28-24(27)20-8-6-18(7-9-20)17-4-2-1-3-5-17/h1-12,21-23,26H,13-16H2/t21?,22?,23-/m0/s1. The van der Waals surface area contributed by atoms with Crippen LogP contribution in [-0.4, -0.2) is 31.3 Å². The van der Waals surface area contributed by atoms with Gasteiger partial charge >= 0.3 is 5.97 Å². The molecule has 2 aromatic carbocycles. The summed E-state index contributed by atoms with van der Waals surface area (Å²) < 4.78 is 19.2. The minimum absolute atomic E-state index is 0.109. The van der Waals surface area contributed by atoms with Gasteiger partial charge in [0.1, 0.15) is 12.3 Å². The highest BCUT2D eigenvalue weighted by Gasteiger charge is 2.31. The van der Waals surface area contributed by atoms with Gasteiger partial charge in [-0.25, -0.2) is 9.18 Å². The van der Waals surface area contributed by atoms with Crippen molar-refractivity contribution >= 4 is 5.97 Å². The predicted molar refractivity (Wildman–Crippen MR) is 109 cm³/mol. The minimum atomic E-state index is -0.908. The van der Waals surface area contributed by atoms with Crippen molar-refractivity contribution in [3.63, 3.8) is 0 Å². The van der Waals surface area contributed by atoms with Crippen molar-refractivity contribution in [1.29, 1.82) is 0 Å². The fourth-order valence-corrected chi connectivity index (χ4v) is 3.86. The van der Waals surface area contributed by atoms with Crippen molar-refractivity contribution in [1.82, 2.24) is 5.32 Å². The van der Waals surface area contributed by atoms with Gasteiger partial charge in [-0.15, -0.1) is 0 Å². The van der Waals surface area contributed by atoms with Crippen molar-refractivity contribution in [3.05, 3.63) is 84.0 Å². The number of carbonyl (C=O) groups is 1. The number of carbonyl (C=O) groups excluding carboxylic acids is 1. The molecule has 4 heteroatoms. The highest BCUT2D eigenvalue weighted by Crippen LogP contribution is 2.29. The lowest BCUT2D eigenvalue weighted by molar-refractivity contribution is 0.0128. The Morgan fingerprint density at radius 3 is 2.50 bits per heavy atom. The molecule has 1 aliphatic heterocycles. The number of alkyl halides is 1. The molecule has 1 saturated heterocycles. The highest BCUT2D eigenvalue weighted by molar-refractivity contribution is 5.90. The first-order valence-electron chi connectivity index (χ1n) is 9.80. The van der Waals surface area contributed by atoms with Crippen LogP contribution in [0, 0.1) is 5.92 Å². The first kappa shape index (κ1) is 18.6. The number of rotatable bonds is 4. The van der Waals surface area contributed by atoms with Gasteiger partial charge in [-0.3, -0.25) is 0 Å². The van der Waals surface area contributed by atoms with Crippen molar-refractivity contribution in [2.24, 2.45) is 5.92 Å². The molecule has 1 heterocycles. The molecule has 2 aromatic rings. The van der Waals surface area contributed by atoms with E-state index in [4.69, 9.17) is 4.74 Å². The van der Waals surface area contributed by atoms with Crippen LogP contribution in [0.5, 0.6) is 0 Å². The maximum absolute atomic E-state index is 13.4. The average molecular weight is 377 g/mol. The smallest absolute Gasteiger partial charge is 0.338 e. The normalized spacial score (nSPS) is 24.5. The third-order valence-electron chi connectivity index (χ3n) is 5.42. The molecule has 0 radical (unpaired) electrons. The molecule has 4 rings (SSSR count). The van der Waals surface area contributed by atoms with Crippen LogP contribution in [0.1, 0.15) is 23.2 Å². The fourth-order valence-electron chi connectivity index (χ4n) is 3.86. The Balaban J connectivity index is 1.45. The van der Waals surface area contributed by atoms with Crippen LogP contribution in [0.3, 0.4) is 0 Å². The summed E-state index contributed by atoms with van der Waals surface area (Å²) in [7, 11) is 0. The Morgan fingerprint density at radius 2 is 1.79 bits per heavy atom. The van der Waals surface area contributed by atoms with Crippen LogP contribution in [-0.2, 0) is 4.74 Å². The van der Waals surface area contributed by atoms with Crippen LogP contribution in [0.15, 0.2) is 78.4 Å². The van der Waals surface area contributed by atoms with E-state index in [1.807, 2.05) is 66.7 Å². The van der Waals surface area contributed by atoms with Crippen molar-refractivity contribution in [3.8, 4) is 11.1 Å². The second kappa shape index (κ2) is 8.53. The summed E-state index contributed by atoms with van der Waals surface area (Å²) in [5.74, 6) is -0.209. The number of benzene rings is 2. The van der Waals surface area contributed by atoms with Gasteiger partial charge in [-0.05, 0) is 41.8 Å². The quantitative estimate of drug-likeness (QED) is 0.784. The topological polar surface area (TPSA) is 38.3 Å². The third-order valence-corrected chi connectivity index (χ3v) is 5.42. The zero-order valence-corrected chi connectivity index (χ0v) is 15.7. The number of nitrogens with one attached hydrogen (secondary N) is 1. The molecule has 3 nitrogen and oxygen atoms in total. The Labute approximate surface area is 164 Å². The van der Waals surface area contributed by atoms with Gasteiger partial charge < -0.3 is 10.1 Å². The Bertz CT molecular complexity index is 873. The number of hydrogen-bond donors (Lipinski definition) is 1. The predicted octanol–water partition coefficient (Wildman–Crippen LogP) is 4.71. The number of allylic oxidation sites excluding steroid dienone is 3. The maximum Gasteiger partial charge on any atom is 0.338 e. The zero-order valence-electron chi connectivity index (χ0n) is 15.7. The molecule has 1 fully saturated rings. The fraction of sp³-hybridized carbons (Fsp3) is 0.292. The van der Waals surface area contributed by atoms with Crippen LogP contribution in [0.2, 0.25) is 0 Å². The number of hydrogen-bond acceptors (Lipinski definition) is 3. The van der Waals surface area contributed by atoms with Gasteiger partial charge in [0.15, 0.2) is 0 Å².